The van der Waals surface area contributed by atoms with E-state index >= 15 is 0 Å². The molecule has 1 N–H and O–H groups in total. The summed E-state index contributed by atoms with van der Waals surface area (Å²) in [5, 5.41) is 2.80. The van der Waals surface area contributed by atoms with E-state index in [1.54, 1.807) is 0 Å². The third-order valence-electron chi connectivity index (χ3n) is 2.59. The van der Waals surface area contributed by atoms with Crippen molar-refractivity contribution in [3.8, 4) is 12.3 Å². The summed E-state index contributed by atoms with van der Waals surface area (Å²) in [6.45, 7) is 5.18. The van der Waals surface area contributed by atoms with Crippen LogP contribution in [0.15, 0.2) is 0 Å². The van der Waals surface area contributed by atoms with E-state index in [9.17, 15) is 4.79 Å². The van der Waals surface area contributed by atoms with E-state index in [1.807, 2.05) is 13.8 Å². The third-order valence-corrected chi connectivity index (χ3v) is 2.59. The predicted octanol–water partition coefficient (Wildman–Crippen LogP) is 0.797. The van der Waals surface area contributed by atoms with Gasteiger partial charge in [-0.2, -0.15) is 0 Å². The van der Waals surface area contributed by atoms with Gasteiger partial charge in [-0.1, -0.05) is 12.8 Å². The van der Waals surface area contributed by atoms with Crippen LogP contribution in [0, 0.1) is 24.2 Å². The monoisotopic (exact) mass is 195 g/mol. The van der Waals surface area contributed by atoms with Gasteiger partial charge in [-0.15, -0.1) is 6.42 Å². The number of carbonyl (C=O) groups is 1. The van der Waals surface area contributed by atoms with E-state index in [0.717, 1.165) is 6.42 Å². The van der Waals surface area contributed by atoms with Gasteiger partial charge >= 0.3 is 0 Å². The zero-order chi connectivity index (χ0) is 10.6. The highest BCUT2D eigenvalue weighted by atomic mass is 16.5. The van der Waals surface area contributed by atoms with Crippen LogP contribution < -0.4 is 5.32 Å². The minimum atomic E-state index is -0.183. The summed E-state index contributed by atoms with van der Waals surface area (Å²) < 4.78 is 5.27. The maximum Gasteiger partial charge on any atom is 0.224 e. The quantitative estimate of drug-likeness (QED) is 0.662. The van der Waals surface area contributed by atoms with Gasteiger partial charge < -0.3 is 10.1 Å². The van der Waals surface area contributed by atoms with Crippen LogP contribution >= 0.6 is 0 Å². The molecule has 14 heavy (non-hydrogen) atoms. The van der Waals surface area contributed by atoms with Crippen molar-refractivity contribution < 1.29 is 9.53 Å². The topological polar surface area (TPSA) is 38.3 Å². The Hall–Kier alpha value is -1.01. The molecular weight excluding hydrogens is 178 g/mol. The van der Waals surface area contributed by atoms with Crippen molar-refractivity contribution in [1.29, 1.82) is 0 Å². The lowest BCUT2D eigenvalue weighted by atomic mass is 9.89. The first-order valence-corrected chi connectivity index (χ1v) is 4.99. The molecule has 0 saturated carbocycles. The standard InChI is InChI=1S/C11H17NO2/c1-4-9(3)12-11(13)10-5-6-14-7-8(10)2/h1,8-10H,5-7H2,2-3H3,(H,12,13). The van der Waals surface area contributed by atoms with Crippen LogP contribution in [0.2, 0.25) is 0 Å². The molecule has 0 aromatic carbocycles. The van der Waals surface area contributed by atoms with Gasteiger partial charge in [0.1, 0.15) is 0 Å². The van der Waals surface area contributed by atoms with E-state index in [-0.39, 0.29) is 23.8 Å². The Balaban J connectivity index is 2.47. The average Bonchev–Trinajstić information content (AvgIpc) is 2.18. The number of nitrogens with one attached hydrogen (secondary N) is 1. The smallest absolute Gasteiger partial charge is 0.224 e. The van der Waals surface area contributed by atoms with Crippen molar-refractivity contribution in [3.05, 3.63) is 0 Å². The molecule has 0 aliphatic carbocycles. The zero-order valence-corrected chi connectivity index (χ0v) is 8.75. The summed E-state index contributed by atoms with van der Waals surface area (Å²) in [6.07, 6.45) is 5.99. The lowest BCUT2D eigenvalue weighted by molar-refractivity contribution is -0.130. The highest BCUT2D eigenvalue weighted by Crippen LogP contribution is 2.21. The van der Waals surface area contributed by atoms with E-state index in [2.05, 4.69) is 11.2 Å². The first-order valence-electron chi connectivity index (χ1n) is 4.99. The average molecular weight is 195 g/mol. The normalized spacial score (nSPS) is 28.9. The van der Waals surface area contributed by atoms with Crippen LogP contribution in [0.3, 0.4) is 0 Å². The Morgan fingerprint density at radius 3 is 3.00 bits per heavy atom. The Labute approximate surface area is 85.2 Å². The lowest BCUT2D eigenvalue weighted by Crippen LogP contribution is -2.42. The summed E-state index contributed by atoms with van der Waals surface area (Å²) in [5.41, 5.74) is 0. The van der Waals surface area contributed by atoms with Gasteiger partial charge in [-0.3, -0.25) is 4.79 Å². The Kier molecular flexibility index (Phi) is 3.97. The number of amides is 1. The molecule has 1 rings (SSSR count). The molecule has 1 saturated heterocycles. The number of ether oxygens (including phenoxy) is 1. The molecular formula is C11H17NO2. The van der Waals surface area contributed by atoms with Gasteiger partial charge in [-0.25, -0.2) is 0 Å². The van der Waals surface area contributed by atoms with Crippen molar-refractivity contribution in [2.45, 2.75) is 26.3 Å². The molecule has 3 atom stereocenters. The van der Waals surface area contributed by atoms with Crippen LogP contribution in [0.4, 0.5) is 0 Å². The fourth-order valence-corrected chi connectivity index (χ4v) is 1.63. The Morgan fingerprint density at radius 1 is 1.71 bits per heavy atom. The van der Waals surface area contributed by atoms with Crippen LogP contribution in [0.5, 0.6) is 0 Å². The Morgan fingerprint density at radius 2 is 2.43 bits per heavy atom. The molecule has 0 radical (unpaired) electrons. The zero-order valence-electron chi connectivity index (χ0n) is 8.75. The summed E-state index contributed by atoms with van der Waals surface area (Å²) in [6, 6.07) is -0.183. The van der Waals surface area contributed by atoms with Crippen LogP contribution in [-0.4, -0.2) is 25.2 Å². The van der Waals surface area contributed by atoms with Gasteiger partial charge in [0, 0.05) is 19.1 Å². The molecule has 3 heteroatoms. The molecule has 3 nitrogen and oxygen atoms in total. The fraction of sp³-hybridized carbons (Fsp3) is 0.727. The molecule has 1 aliphatic heterocycles. The Bertz CT molecular complexity index is 244. The van der Waals surface area contributed by atoms with Crippen molar-refractivity contribution in [3.63, 3.8) is 0 Å². The van der Waals surface area contributed by atoms with Gasteiger partial charge in [0.05, 0.1) is 6.04 Å². The number of hydrogen-bond donors (Lipinski definition) is 1. The van der Waals surface area contributed by atoms with E-state index < -0.39 is 0 Å². The van der Waals surface area contributed by atoms with Gasteiger partial charge in [0.15, 0.2) is 0 Å². The fourth-order valence-electron chi connectivity index (χ4n) is 1.63. The van der Waals surface area contributed by atoms with Crippen molar-refractivity contribution in [1.82, 2.24) is 5.32 Å². The maximum absolute atomic E-state index is 11.7. The van der Waals surface area contributed by atoms with E-state index in [4.69, 9.17) is 11.2 Å². The van der Waals surface area contributed by atoms with E-state index in [0.29, 0.717) is 13.2 Å². The molecule has 1 fully saturated rings. The molecule has 1 amide bonds. The van der Waals surface area contributed by atoms with Crippen molar-refractivity contribution in [2.24, 2.45) is 11.8 Å². The first kappa shape index (κ1) is 11.1. The number of terminal acetylenes is 1. The van der Waals surface area contributed by atoms with E-state index in [1.165, 1.54) is 0 Å². The molecule has 0 bridgehead atoms. The minimum absolute atomic E-state index is 0.0551. The maximum atomic E-state index is 11.7. The highest BCUT2D eigenvalue weighted by molar-refractivity contribution is 5.79. The summed E-state index contributed by atoms with van der Waals surface area (Å²) >= 11 is 0. The summed E-state index contributed by atoms with van der Waals surface area (Å²) in [7, 11) is 0. The van der Waals surface area contributed by atoms with Crippen LogP contribution in [0.1, 0.15) is 20.3 Å². The highest BCUT2D eigenvalue weighted by Gasteiger charge is 2.28. The summed E-state index contributed by atoms with van der Waals surface area (Å²) in [4.78, 5) is 11.7. The van der Waals surface area contributed by atoms with Crippen LogP contribution in [0.25, 0.3) is 0 Å². The van der Waals surface area contributed by atoms with Crippen molar-refractivity contribution in [2.75, 3.05) is 13.2 Å². The molecule has 3 unspecified atom stereocenters. The molecule has 1 heterocycles. The van der Waals surface area contributed by atoms with Gasteiger partial charge in [-0.05, 0) is 19.3 Å². The predicted molar refractivity (Wildman–Crippen MR) is 54.5 cm³/mol. The molecule has 0 aromatic heterocycles. The van der Waals surface area contributed by atoms with Crippen LogP contribution in [-0.2, 0) is 9.53 Å². The third kappa shape index (κ3) is 2.74. The van der Waals surface area contributed by atoms with Crippen molar-refractivity contribution >= 4 is 5.91 Å². The largest absolute Gasteiger partial charge is 0.381 e. The number of carbonyl (C=O) groups excluding carboxylic acids is 1. The molecule has 78 valence electrons. The SMILES string of the molecule is C#CC(C)NC(=O)C1CCOCC1C. The number of hydrogen-bond acceptors (Lipinski definition) is 2. The minimum Gasteiger partial charge on any atom is -0.381 e. The molecule has 0 spiro atoms. The second-order valence-corrected chi connectivity index (χ2v) is 3.84. The van der Waals surface area contributed by atoms with Gasteiger partial charge in [0.2, 0.25) is 5.91 Å². The second-order valence-electron chi connectivity index (χ2n) is 3.84. The lowest BCUT2D eigenvalue weighted by Gasteiger charge is -2.28. The summed E-state index contributed by atoms with van der Waals surface area (Å²) in [5.74, 6) is 2.89. The number of rotatable bonds is 2. The molecule has 1 aliphatic rings. The first-order chi connectivity index (χ1) is 6.65. The second kappa shape index (κ2) is 5.02. The van der Waals surface area contributed by atoms with Gasteiger partial charge in [0.25, 0.3) is 0 Å². The molecule has 0 aromatic rings.